The van der Waals surface area contributed by atoms with Crippen molar-refractivity contribution in [3.63, 3.8) is 0 Å². The van der Waals surface area contributed by atoms with Crippen molar-refractivity contribution < 1.29 is 17.2 Å². The number of fused-ring (bicyclic) bond motifs is 3. The van der Waals surface area contributed by atoms with E-state index in [4.69, 9.17) is 19.2 Å². The Bertz CT molecular complexity index is 1540. The number of pyridine rings is 1. The minimum absolute atomic E-state index is 0.110. The van der Waals surface area contributed by atoms with E-state index in [1.54, 1.807) is 44.5 Å². The van der Waals surface area contributed by atoms with Crippen LogP contribution in [0.1, 0.15) is 44.5 Å². The maximum absolute atomic E-state index is 9.17. The van der Waals surface area contributed by atoms with Crippen LogP contribution in [0.4, 0.5) is 5.69 Å². The van der Waals surface area contributed by atoms with Gasteiger partial charge in [0.2, 0.25) is 5.69 Å². The molecule has 2 aromatic heterocycles. The number of aromatic nitrogens is 1. The molecular weight excluding hydrogens is 356 g/mol. The first-order chi connectivity index (χ1) is 16.2. The highest BCUT2D eigenvalue weighted by molar-refractivity contribution is 6.10. The van der Waals surface area contributed by atoms with Gasteiger partial charge in [0.1, 0.15) is 18.2 Å². The fourth-order valence-corrected chi connectivity index (χ4v) is 3.70. The van der Waals surface area contributed by atoms with Gasteiger partial charge in [-0.25, -0.2) is 4.85 Å². The summed E-state index contributed by atoms with van der Waals surface area (Å²) in [5.74, 6) is -0.553. The molecule has 3 nitrogen and oxygen atoms in total. The highest BCUT2D eigenvalue weighted by atomic mass is 16.3. The number of aryl methyl sites for hydroxylation is 1. The Kier molecular flexibility index (Phi) is 3.20. The van der Waals surface area contributed by atoms with Crippen LogP contribution in [0.2, 0.25) is 0 Å². The Morgan fingerprint density at radius 2 is 2.00 bits per heavy atom. The van der Waals surface area contributed by atoms with E-state index < -0.39 is 19.1 Å². The van der Waals surface area contributed by atoms with Gasteiger partial charge in [-0.1, -0.05) is 38.1 Å². The normalized spacial score (nSPS) is 15.5. The molecule has 0 N–H and O–H groups in total. The van der Waals surface area contributed by atoms with E-state index in [9.17, 15) is 0 Å². The van der Waals surface area contributed by atoms with Gasteiger partial charge in [-0.2, -0.15) is 4.57 Å². The summed E-state index contributed by atoms with van der Waals surface area (Å²) in [6, 6.07) is 8.92. The summed E-state index contributed by atoms with van der Waals surface area (Å²) in [5.41, 5.74) is 3.46. The highest BCUT2D eigenvalue weighted by Gasteiger charge is 2.24. The van der Waals surface area contributed by atoms with Crippen molar-refractivity contribution in [2.75, 3.05) is 0 Å². The first-order valence-electron chi connectivity index (χ1n) is 12.6. The predicted molar refractivity (Wildman–Crippen MR) is 119 cm³/mol. The lowest BCUT2D eigenvalue weighted by molar-refractivity contribution is -0.667. The number of benzene rings is 2. The SMILES string of the molecule is [2H]c1c(C([2H])([2H])C(C)C)c(C([2H])([2H])[2H])c(C)[n+](C)c1-c1c(C)ccc2c1oc1cc([N+]#[C-])ccc12. The summed E-state index contributed by atoms with van der Waals surface area (Å²) in [5, 5.41) is 1.64. The summed E-state index contributed by atoms with van der Waals surface area (Å²) in [4.78, 5) is 3.48. The molecule has 29 heavy (non-hydrogen) atoms. The molecule has 2 heterocycles. The van der Waals surface area contributed by atoms with E-state index in [1.807, 2.05) is 25.1 Å². The molecule has 0 fully saturated rings. The maximum atomic E-state index is 9.17. The molecule has 0 spiro atoms. The van der Waals surface area contributed by atoms with E-state index in [-0.39, 0.29) is 17.2 Å². The Hall–Kier alpha value is -3.12. The predicted octanol–water partition coefficient (Wildman–Crippen LogP) is 6.75. The van der Waals surface area contributed by atoms with Crippen molar-refractivity contribution in [3.05, 3.63) is 70.2 Å². The molecule has 4 rings (SSSR count). The van der Waals surface area contributed by atoms with Crippen LogP contribution in [0.25, 0.3) is 38.0 Å². The molecule has 2 aromatic carbocycles. The standard InChI is InChI=1S/C26H27N2O/c1-15(2)12-19-13-23(28(7)18(5)17(19)4)25-16(3)8-10-22-21-11-9-20(27-6)14-24(21)29-26(22)25/h8-11,13-15H,12H2,1-5,7H3/q+1/i4D3,12D2,13D. The fraction of sp³-hybridized carbons (Fsp3) is 0.308. The van der Waals surface area contributed by atoms with Crippen LogP contribution >= 0.6 is 0 Å². The average Bonchev–Trinajstić information content (AvgIpc) is 3.13. The van der Waals surface area contributed by atoms with Crippen molar-refractivity contribution in [1.29, 1.82) is 0 Å². The number of rotatable bonds is 3. The van der Waals surface area contributed by atoms with Gasteiger partial charge in [0.25, 0.3) is 0 Å². The van der Waals surface area contributed by atoms with Crippen molar-refractivity contribution >= 4 is 27.6 Å². The molecule has 0 radical (unpaired) electrons. The van der Waals surface area contributed by atoms with E-state index in [0.29, 0.717) is 33.8 Å². The fourth-order valence-electron chi connectivity index (χ4n) is 3.70. The zero-order valence-electron chi connectivity index (χ0n) is 23.3. The summed E-state index contributed by atoms with van der Waals surface area (Å²) in [6.07, 6.45) is -2.05. The molecule has 0 aliphatic heterocycles. The third-order valence-corrected chi connectivity index (χ3v) is 5.33. The average molecular weight is 390 g/mol. The smallest absolute Gasteiger partial charge is 0.216 e. The molecule has 0 aliphatic carbocycles. The third-order valence-electron chi connectivity index (χ3n) is 5.33. The van der Waals surface area contributed by atoms with Gasteiger partial charge >= 0.3 is 0 Å². The molecule has 4 aromatic rings. The Balaban J connectivity index is 2.21. The minimum atomic E-state index is -2.59. The molecule has 146 valence electrons. The topological polar surface area (TPSA) is 21.4 Å². The maximum Gasteiger partial charge on any atom is 0.216 e. The van der Waals surface area contributed by atoms with Gasteiger partial charge in [-0.3, -0.25) is 0 Å². The van der Waals surface area contributed by atoms with Crippen LogP contribution < -0.4 is 4.57 Å². The second kappa shape index (κ2) is 7.04. The van der Waals surface area contributed by atoms with Crippen LogP contribution in [-0.4, -0.2) is 0 Å². The largest absolute Gasteiger partial charge is 0.456 e. The number of nitrogens with zero attached hydrogens (tertiary/aromatic N) is 2. The monoisotopic (exact) mass is 389 g/mol. The Labute approximate surface area is 180 Å². The molecule has 0 aliphatic rings. The van der Waals surface area contributed by atoms with E-state index in [1.165, 1.54) is 0 Å². The zero-order valence-corrected chi connectivity index (χ0v) is 17.3. The summed E-state index contributed by atoms with van der Waals surface area (Å²) < 4.78 is 59.1. The van der Waals surface area contributed by atoms with Gasteiger partial charge in [0, 0.05) is 36.2 Å². The van der Waals surface area contributed by atoms with Gasteiger partial charge in [0.15, 0.2) is 11.4 Å². The molecule has 0 saturated heterocycles. The van der Waals surface area contributed by atoms with E-state index >= 15 is 0 Å². The number of hydrogen-bond acceptors (Lipinski definition) is 1. The first-order valence-corrected chi connectivity index (χ1v) is 9.59. The van der Waals surface area contributed by atoms with Gasteiger partial charge < -0.3 is 4.42 Å². The minimum Gasteiger partial charge on any atom is -0.456 e. The number of hydrogen-bond donors (Lipinski definition) is 0. The molecule has 0 saturated carbocycles. The second-order valence-corrected chi connectivity index (χ2v) is 7.70. The number of furan rings is 1. The van der Waals surface area contributed by atoms with Crippen LogP contribution in [0.3, 0.4) is 0 Å². The Morgan fingerprint density at radius 1 is 1.24 bits per heavy atom. The van der Waals surface area contributed by atoms with Gasteiger partial charge in [0.05, 0.1) is 13.5 Å². The molecular formula is C26H27N2O+. The molecule has 0 atom stereocenters. The lowest BCUT2D eigenvalue weighted by atomic mass is 9.94. The summed E-state index contributed by atoms with van der Waals surface area (Å²) in [6.45, 7) is 11.6. The van der Waals surface area contributed by atoms with Crippen LogP contribution in [0.15, 0.2) is 40.8 Å². The Morgan fingerprint density at radius 3 is 2.69 bits per heavy atom. The van der Waals surface area contributed by atoms with E-state index in [2.05, 4.69) is 4.85 Å². The molecule has 0 bridgehead atoms. The van der Waals surface area contributed by atoms with E-state index in [0.717, 1.165) is 16.3 Å². The molecule has 3 heteroatoms. The van der Waals surface area contributed by atoms with Gasteiger partial charge in [-0.15, -0.1) is 0 Å². The van der Waals surface area contributed by atoms with Crippen LogP contribution in [0, 0.1) is 33.2 Å². The summed E-state index contributed by atoms with van der Waals surface area (Å²) in [7, 11) is 1.70. The lowest BCUT2D eigenvalue weighted by Crippen LogP contribution is -2.36. The molecule has 0 amide bonds. The van der Waals surface area contributed by atoms with Gasteiger partial charge in [-0.05, 0) is 43.3 Å². The van der Waals surface area contributed by atoms with Crippen molar-refractivity contribution in [3.8, 4) is 11.3 Å². The third kappa shape index (κ3) is 3.09. The van der Waals surface area contributed by atoms with Crippen LogP contribution in [0.5, 0.6) is 0 Å². The molecule has 0 unspecified atom stereocenters. The highest BCUT2D eigenvalue weighted by Crippen LogP contribution is 2.38. The zero-order chi connectivity index (χ0) is 26.0. The van der Waals surface area contributed by atoms with Crippen LogP contribution in [-0.2, 0) is 13.4 Å². The first kappa shape index (κ1) is 13.2. The van der Waals surface area contributed by atoms with Crippen molar-refractivity contribution in [2.45, 2.75) is 40.9 Å². The van der Waals surface area contributed by atoms with Crippen molar-refractivity contribution in [1.82, 2.24) is 0 Å². The van der Waals surface area contributed by atoms with Crippen molar-refractivity contribution in [2.24, 2.45) is 13.0 Å². The quantitative estimate of drug-likeness (QED) is 0.280. The lowest BCUT2D eigenvalue weighted by Gasteiger charge is -2.14. The second-order valence-electron chi connectivity index (χ2n) is 7.70. The summed E-state index contributed by atoms with van der Waals surface area (Å²) >= 11 is 0.